The molecule has 0 spiro atoms. The molecule has 1 unspecified atom stereocenters. The average Bonchev–Trinajstić information content (AvgIpc) is 2.49. The monoisotopic (exact) mass is 166 g/mol. The average molecular weight is 166 g/mol. The van der Waals surface area contributed by atoms with Gasteiger partial charge in [0.15, 0.2) is 0 Å². The lowest BCUT2D eigenvalue weighted by Crippen LogP contribution is -2.26. The summed E-state index contributed by atoms with van der Waals surface area (Å²) in [5.74, 6) is -0.177. The normalized spacial score (nSPS) is 20.3. The van der Waals surface area contributed by atoms with Crippen molar-refractivity contribution in [3.05, 3.63) is 29.6 Å². The van der Waals surface area contributed by atoms with E-state index in [1.165, 1.54) is 6.07 Å². The second-order valence-corrected chi connectivity index (χ2v) is 3.06. The van der Waals surface area contributed by atoms with Crippen molar-refractivity contribution in [3.8, 4) is 0 Å². The Hall–Kier alpha value is -1.09. The van der Waals surface area contributed by atoms with Crippen molar-refractivity contribution in [2.24, 2.45) is 5.73 Å². The quantitative estimate of drug-likeness (QED) is 0.656. The Morgan fingerprint density at radius 2 is 2.42 bits per heavy atom. The van der Waals surface area contributed by atoms with Crippen molar-refractivity contribution in [2.45, 2.75) is 12.5 Å². The van der Waals surface area contributed by atoms with E-state index in [2.05, 4.69) is 5.32 Å². The minimum absolute atomic E-state index is 0.177. The Labute approximate surface area is 70.6 Å². The van der Waals surface area contributed by atoms with Gasteiger partial charge in [-0.1, -0.05) is 12.1 Å². The Balaban J connectivity index is 2.35. The van der Waals surface area contributed by atoms with E-state index >= 15 is 0 Å². The minimum Gasteiger partial charge on any atom is -0.378 e. The van der Waals surface area contributed by atoms with Crippen molar-refractivity contribution >= 4 is 5.69 Å². The van der Waals surface area contributed by atoms with Gasteiger partial charge >= 0.3 is 0 Å². The summed E-state index contributed by atoms with van der Waals surface area (Å²) in [5.41, 5.74) is 7.14. The van der Waals surface area contributed by atoms with Crippen LogP contribution in [-0.2, 0) is 6.42 Å². The molecule has 0 fully saturated rings. The minimum atomic E-state index is -0.177. The summed E-state index contributed by atoms with van der Waals surface area (Å²) in [7, 11) is 0. The molecule has 2 rings (SSSR count). The zero-order valence-corrected chi connectivity index (χ0v) is 6.68. The van der Waals surface area contributed by atoms with Gasteiger partial charge in [0.2, 0.25) is 0 Å². The number of nitrogens with one attached hydrogen (secondary N) is 1. The molecule has 2 nitrogen and oxygen atoms in total. The van der Waals surface area contributed by atoms with Crippen molar-refractivity contribution in [2.75, 3.05) is 11.9 Å². The van der Waals surface area contributed by atoms with Gasteiger partial charge < -0.3 is 11.1 Å². The number of hydrogen-bond donors (Lipinski definition) is 2. The molecule has 0 saturated heterocycles. The van der Waals surface area contributed by atoms with Crippen molar-refractivity contribution < 1.29 is 4.39 Å². The molecule has 1 heterocycles. The van der Waals surface area contributed by atoms with Gasteiger partial charge in [-0.2, -0.15) is 0 Å². The van der Waals surface area contributed by atoms with Crippen LogP contribution in [0.4, 0.5) is 10.1 Å². The topological polar surface area (TPSA) is 38.0 Å². The third-order valence-electron chi connectivity index (χ3n) is 2.20. The van der Waals surface area contributed by atoms with Crippen molar-refractivity contribution in [1.29, 1.82) is 0 Å². The first-order valence-corrected chi connectivity index (χ1v) is 4.05. The molecule has 0 aromatic heterocycles. The van der Waals surface area contributed by atoms with Crippen LogP contribution in [0.2, 0.25) is 0 Å². The molecule has 3 heteroatoms. The van der Waals surface area contributed by atoms with Gasteiger partial charge in [0.05, 0.1) is 5.69 Å². The Kier molecular flexibility index (Phi) is 1.73. The molecule has 0 radical (unpaired) electrons. The fraction of sp³-hybridized carbons (Fsp3) is 0.333. The van der Waals surface area contributed by atoms with Crippen LogP contribution in [0, 0.1) is 5.82 Å². The lowest BCUT2D eigenvalue weighted by molar-refractivity contribution is 0.630. The molecular weight excluding hydrogens is 155 g/mol. The zero-order chi connectivity index (χ0) is 8.55. The SMILES string of the molecule is NCC1Cc2cccc(F)c2N1. The van der Waals surface area contributed by atoms with E-state index < -0.39 is 0 Å². The van der Waals surface area contributed by atoms with E-state index in [0.717, 1.165) is 12.0 Å². The van der Waals surface area contributed by atoms with Crippen LogP contribution in [0.1, 0.15) is 5.56 Å². The first-order chi connectivity index (χ1) is 5.81. The van der Waals surface area contributed by atoms with E-state index in [9.17, 15) is 4.39 Å². The van der Waals surface area contributed by atoms with Crippen LogP contribution >= 0.6 is 0 Å². The predicted octanol–water partition coefficient (Wildman–Crippen LogP) is 1.12. The predicted molar refractivity (Wildman–Crippen MR) is 46.6 cm³/mol. The van der Waals surface area contributed by atoms with Gasteiger partial charge in [-0.05, 0) is 18.1 Å². The summed E-state index contributed by atoms with van der Waals surface area (Å²) in [6, 6.07) is 5.33. The maximum atomic E-state index is 13.1. The summed E-state index contributed by atoms with van der Waals surface area (Å²) < 4.78 is 13.1. The maximum Gasteiger partial charge on any atom is 0.146 e. The fourth-order valence-corrected chi connectivity index (χ4v) is 1.56. The zero-order valence-electron chi connectivity index (χ0n) is 6.68. The van der Waals surface area contributed by atoms with Crippen LogP contribution < -0.4 is 11.1 Å². The highest BCUT2D eigenvalue weighted by atomic mass is 19.1. The largest absolute Gasteiger partial charge is 0.378 e. The third kappa shape index (κ3) is 1.06. The van der Waals surface area contributed by atoms with Gasteiger partial charge in [0, 0.05) is 12.6 Å². The fourth-order valence-electron chi connectivity index (χ4n) is 1.56. The highest BCUT2D eigenvalue weighted by Gasteiger charge is 2.21. The van der Waals surface area contributed by atoms with E-state index in [1.54, 1.807) is 6.07 Å². The number of hydrogen-bond acceptors (Lipinski definition) is 2. The lowest BCUT2D eigenvalue weighted by atomic mass is 10.1. The molecule has 1 aliphatic heterocycles. The number of anilines is 1. The smallest absolute Gasteiger partial charge is 0.146 e. The van der Waals surface area contributed by atoms with Crippen molar-refractivity contribution in [1.82, 2.24) is 0 Å². The highest BCUT2D eigenvalue weighted by Crippen LogP contribution is 2.27. The number of fused-ring (bicyclic) bond motifs is 1. The lowest BCUT2D eigenvalue weighted by Gasteiger charge is -2.06. The van der Waals surface area contributed by atoms with Crippen LogP contribution in [0.5, 0.6) is 0 Å². The first kappa shape index (κ1) is 7.55. The molecule has 1 aromatic rings. The number of para-hydroxylation sites is 1. The summed E-state index contributed by atoms with van der Waals surface area (Å²) >= 11 is 0. The van der Waals surface area contributed by atoms with Crippen molar-refractivity contribution in [3.63, 3.8) is 0 Å². The Bertz CT molecular complexity index is 299. The van der Waals surface area contributed by atoms with E-state index in [-0.39, 0.29) is 11.9 Å². The summed E-state index contributed by atoms with van der Waals surface area (Å²) in [6.45, 7) is 0.550. The molecule has 0 saturated carbocycles. The first-order valence-electron chi connectivity index (χ1n) is 4.05. The third-order valence-corrected chi connectivity index (χ3v) is 2.20. The number of nitrogens with two attached hydrogens (primary N) is 1. The second kappa shape index (κ2) is 2.75. The highest BCUT2D eigenvalue weighted by molar-refractivity contribution is 5.57. The van der Waals surface area contributed by atoms with Gasteiger partial charge in [-0.25, -0.2) is 4.39 Å². The van der Waals surface area contributed by atoms with Gasteiger partial charge in [-0.15, -0.1) is 0 Å². The molecule has 1 aromatic carbocycles. The summed E-state index contributed by atoms with van der Waals surface area (Å²) in [4.78, 5) is 0. The molecule has 1 atom stereocenters. The van der Waals surface area contributed by atoms with Gasteiger partial charge in [0.25, 0.3) is 0 Å². The molecule has 64 valence electrons. The van der Waals surface area contributed by atoms with Crippen LogP contribution in [0.3, 0.4) is 0 Å². The summed E-state index contributed by atoms with van der Waals surface area (Å²) in [5, 5.41) is 3.05. The maximum absolute atomic E-state index is 13.1. The standard InChI is InChI=1S/C9H11FN2/c10-8-3-1-2-6-4-7(5-11)12-9(6)8/h1-3,7,12H,4-5,11H2. The number of rotatable bonds is 1. The van der Waals surface area contributed by atoms with E-state index in [1.807, 2.05) is 6.07 Å². The molecule has 12 heavy (non-hydrogen) atoms. The molecular formula is C9H11FN2. The molecule has 3 N–H and O–H groups in total. The Morgan fingerprint density at radius 1 is 1.58 bits per heavy atom. The number of halogens is 1. The Morgan fingerprint density at radius 3 is 3.08 bits per heavy atom. The van der Waals surface area contributed by atoms with Gasteiger partial charge in [0.1, 0.15) is 5.82 Å². The molecule has 1 aliphatic rings. The van der Waals surface area contributed by atoms with E-state index in [4.69, 9.17) is 5.73 Å². The van der Waals surface area contributed by atoms with E-state index in [0.29, 0.717) is 12.2 Å². The van der Waals surface area contributed by atoms with Crippen LogP contribution in [-0.4, -0.2) is 12.6 Å². The molecule has 0 bridgehead atoms. The second-order valence-electron chi connectivity index (χ2n) is 3.06. The van der Waals surface area contributed by atoms with Crippen LogP contribution in [0.15, 0.2) is 18.2 Å². The summed E-state index contributed by atoms with van der Waals surface area (Å²) in [6.07, 6.45) is 0.837. The molecule has 0 amide bonds. The van der Waals surface area contributed by atoms with Crippen LogP contribution in [0.25, 0.3) is 0 Å². The molecule has 0 aliphatic carbocycles. The van der Waals surface area contributed by atoms with Gasteiger partial charge in [-0.3, -0.25) is 0 Å². The number of benzene rings is 1.